The molecule has 100 heavy (non-hydrogen) atoms. The third kappa shape index (κ3) is 20.3. The average Bonchev–Trinajstić information content (AvgIpc) is 1.60. The Bertz CT molecular complexity index is 4100. The molecule has 3 aliphatic heterocycles. The van der Waals surface area contributed by atoms with Crippen molar-refractivity contribution in [3.8, 4) is 0 Å². The predicted molar refractivity (Wildman–Crippen MR) is 367 cm³/mol. The third-order valence-corrected chi connectivity index (χ3v) is 18.9. The summed E-state index contributed by atoms with van der Waals surface area (Å²) in [6, 6.07) is 6.46. The van der Waals surface area contributed by atoms with Crippen molar-refractivity contribution in [3.05, 3.63) is 105 Å². The molecular weight excluding hydrogens is 1320 g/mol. The normalized spacial score (nSPS) is 21.2. The molecule has 6 heterocycles. The first-order chi connectivity index (χ1) is 47.4. The summed E-state index contributed by atoms with van der Waals surface area (Å²) in [6.07, 6.45) is -0.120. The zero-order valence-corrected chi connectivity index (χ0v) is 57.7. The van der Waals surface area contributed by atoms with Crippen molar-refractivity contribution in [2.45, 2.75) is 154 Å². The van der Waals surface area contributed by atoms with Gasteiger partial charge in [-0.05, 0) is 101 Å². The third-order valence-electron chi connectivity index (χ3n) is 18.1. The van der Waals surface area contributed by atoms with E-state index in [1.807, 2.05) is 39.8 Å². The molecule has 1 fully saturated rings. The molecule has 1 saturated heterocycles. The maximum Gasteiger partial charge on any atom is 0.316 e. The number of carbonyl (C=O) groups is 11. The van der Waals surface area contributed by atoms with Gasteiger partial charge in [-0.15, -0.1) is 0 Å². The van der Waals surface area contributed by atoms with Crippen LogP contribution in [-0.4, -0.2) is 179 Å². The number of methoxy groups -OCH3 is 1. The number of ketones is 2. The number of aromatic amines is 2. The van der Waals surface area contributed by atoms with Crippen molar-refractivity contribution in [2.75, 3.05) is 52.2 Å². The van der Waals surface area contributed by atoms with Crippen LogP contribution in [0.3, 0.4) is 0 Å². The quantitative estimate of drug-likeness (QED) is 0.0125. The van der Waals surface area contributed by atoms with Gasteiger partial charge in [-0.2, -0.15) is 8.42 Å². The number of rotatable bonds is 23. The molecule has 4 aromatic rings. The van der Waals surface area contributed by atoms with Crippen molar-refractivity contribution in [1.29, 1.82) is 0 Å². The van der Waals surface area contributed by atoms with Gasteiger partial charge in [0.15, 0.2) is 17.5 Å². The van der Waals surface area contributed by atoms with E-state index in [1.54, 1.807) is 31.2 Å². The summed E-state index contributed by atoms with van der Waals surface area (Å²) in [4.78, 5) is 172. The van der Waals surface area contributed by atoms with E-state index in [0.717, 1.165) is 0 Å². The van der Waals surface area contributed by atoms with Crippen molar-refractivity contribution in [2.24, 2.45) is 28.1 Å². The lowest BCUT2D eigenvalue weighted by Gasteiger charge is -2.26. The summed E-state index contributed by atoms with van der Waals surface area (Å²) in [6.45, 7) is 8.40. The maximum absolute atomic E-state index is 14.5. The number of aromatic nitrogens is 4. The summed E-state index contributed by atoms with van der Waals surface area (Å²) in [5, 5.41) is 30.7. The summed E-state index contributed by atoms with van der Waals surface area (Å²) in [5.74, 6) is -11.3. The second-order valence-corrected chi connectivity index (χ2v) is 26.7. The van der Waals surface area contributed by atoms with Gasteiger partial charge < -0.3 is 79.5 Å². The summed E-state index contributed by atoms with van der Waals surface area (Å²) < 4.78 is 38.5. The molecule has 1 aromatic carbocycles. The fourth-order valence-corrected chi connectivity index (χ4v) is 13.0. The lowest BCUT2D eigenvalue weighted by molar-refractivity contribution is -0.140. The standard InChI is InChI=1S/C67H90N16O16S/c1-8-41-33(2)46-29-51-55(37(6)85)35(4)48(77-51)27-47-34(3)42(58(78-47)43(26-54(88)99-7)59-56(64(93)72-23-24-100(96,97)98)36(5)49(79-59)28-50(41)76-46)19-20-53(87)71-21-13-12-17-45-63(92)80-44(18-14-22-73-66(69)70)62(91)74-30-40(86)25-39(32-84)61(90)81-52(60(68)89)31-75-65(94)57(83-67(95)82-45)38-15-10-9-11-16-38/h9-11,15-16,27-29,33-34,39,41-42,44-45,52,57,77,79,84H,8,12-14,17-26,30-32H2,1-7H3,(H2,68,89)(H,71,87)(H,72,93)(H,74,91)(H,75,94)(H,80,92)(H,81,90)(H4,69,70,73)(H2,82,83,95)(H,96,97,98)/t33-,34+,39?,41-,42+,44?,45?,52?,57?/m1/s1. The molecule has 33 heteroatoms. The molecule has 3 aromatic heterocycles. The Labute approximate surface area is 577 Å². The number of hydrogen-bond acceptors (Lipinski definition) is 18. The highest BCUT2D eigenvalue weighted by Gasteiger charge is 2.37. The molecule has 0 spiro atoms. The number of H-pyrrole nitrogens is 2. The second kappa shape index (κ2) is 35.1. The van der Waals surface area contributed by atoms with Crippen molar-refractivity contribution < 1.29 is 75.6 Å². The van der Waals surface area contributed by atoms with Crippen LogP contribution in [-0.2, 0) is 59.6 Å². The molecule has 5 unspecified atom stereocenters. The first-order valence-corrected chi connectivity index (χ1v) is 34.6. The van der Waals surface area contributed by atoms with Crippen molar-refractivity contribution in [3.63, 3.8) is 0 Å². The van der Waals surface area contributed by atoms with E-state index >= 15 is 0 Å². The number of hydrogen-bond donors (Lipinski definition) is 15. The fourth-order valence-electron chi connectivity index (χ4n) is 12.6. The van der Waals surface area contributed by atoms with Gasteiger partial charge in [-0.25, -0.2) is 4.79 Å². The largest absolute Gasteiger partial charge is 0.469 e. The SMILES string of the molecule is CC[C@H]1c2cc3[nH]c(c(CC(=O)OC)c4nc(cc5[nH]c(cc(n2)[C@@H]1C)c(C(C)=O)c5C)[C@@H](C)[C@@H]4CCC(=O)NCCCCC1NC(=O)NC(c2ccccc2)C(=O)NCC(C(N)=O)NC(=O)C(CO)CC(=O)CNC(=O)C(CCCN=C(N)N)NC1=O)c(C(=O)NCCS(=O)(=O)O)c3C. The van der Waals surface area contributed by atoms with E-state index in [9.17, 15) is 70.8 Å². The lowest BCUT2D eigenvalue weighted by atomic mass is 9.85. The second-order valence-electron chi connectivity index (χ2n) is 25.2. The minimum absolute atomic E-state index is 0.0214. The molecule has 540 valence electrons. The van der Waals surface area contributed by atoms with Crippen LogP contribution in [0, 0.1) is 19.8 Å². The van der Waals surface area contributed by atoms with E-state index < -0.39 is 156 Å². The number of amides is 9. The number of Topliss-reactive ketones (excluding diaryl/α,β-unsaturated/α-hetero) is 2. The van der Waals surface area contributed by atoms with Crippen LogP contribution >= 0.6 is 0 Å². The molecular formula is C67H90N16O16S. The van der Waals surface area contributed by atoms with Gasteiger partial charge in [0.2, 0.25) is 35.4 Å². The number of primary amides is 1. The Kier molecular flexibility index (Phi) is 27.1. The number of guanidine groups is 1. The van der Waals surface area contributed by atoms with Gasteiger partial charge in [-0.1, -0.05) is 51.1 Å². The predicted octanol–water partition coefficient (Wildman–Crippen LogP) is 1.45. The minimum atomic E-state index is -4.50. The average molecular weight is 1410 g/mol. The van der Waals surface area contributed by atoms with E-state index in [1.165, 1.54) is 26.2 Å². The topological polar surface area (TPSA) is 516 Å². The number of aliphatic imine (C=N–C) groups is 1. The Hall–Kier alpha value is -10.1. The van der Waals surface area contributed by atoms with Crippen molar-refractivity contribution in [1.82, 2.24) is 62.5 Å². The highest BCUT2D eigenvalue weighted by Crippen LogP contribution is 2.44. The van der Waals surface area contributed by atoms with Gasteiger partial charge in [-0.3, -0.25) is 67.5 Å². The van der Waals surface area contributed by atoms with Crippen molar-refractivity contribution >= 4 is 103 Å². The minimum Gasteiger partial charge on any atom is -0.469 e. The number of nitrogens with two attached hydrogens (primary N) is 3. The molecule has 18 N–H and O–H groups in total. The molecule has 0 radical (unpaired) electrons. The number of esters is 1. The van der Waals surface area contributed by atoms with E-state index in [0.29, 0.717) is 62.4 Å². The van der Waals surface area contributed by atoms with Gasteiger partial charge >= 0.3 is 12.0 Å². The Morgan fingerprint density at radius 1 is 0.730 bits per heavy atom. The molecule has 7 rings (SSSR count). The molecule has 8 bridgehead atoms. The van der Waals surface area contributed by atoms with Gasteiger partial charge in [0.1, 0.15) is 24.2 Å². The van der Waals surface area contributed by atoms with Crippen LogP contribution in [0.1, 0.15) is 181 Å². The number of nitrogens with one attached hydrogen (secondary N) is 10. The Morgan fingerprint density at radius 2 is 1.38 bits per heavy atom. The number of nitrogens with zero attached hydrogens (tertiary/aromatic N) is 3. The number of ether oxygens (including phenoxy) is 1. The highest BCUT2D eigenvalue weighted by atomic mass is 32.2. The van der Waals surface area contributed by atoms with E-state index in [4.69, 9.17) is 31.9 Å². The van der Waals surface area contributed by atoms with Crippen LogP contribution in [0.15, 0.2) is 53.5 Å². The smallest absolute Gasteiger partial charge is 0.316 e. The van der Waals surface area contributed by atoms with Gasteiger partial charge in [0.05, 0.1) is 60.6 Å². The fraction of sp³-hybridized carbons (Fsp3) is 0.493. The summed E-state index contributed by atoms with van der Waals surface area (Å²) in [7, 11) is -3.30. The van der Waals surface area contributed by atoms with Crippen LogP contribution in [0.25, 0.3) is 22.1 Å². The molecule has 0 aliphatic carbocycles. The molecule has 9 amide bonds. The van der Waals surface area contributed by atoms with Crippen LogP contribution in [0.4, 0.5) is 4.79 Å². The zero-order valence-electron chi connectivity index (χ0n) is 56.9. The monoisotopic (exact) mass is 1410 g/mol. The zero-order chi connectivity index (χ0) is 73.3. The molecule has 3 aliphatic rings. The van der Waals surface area contributed by atoms with E-state index in [-0.39, 0.29) is 104 Å². The number of aliphatic hydroxyl groups is 1. The highest BCUT2D eigenvalue weighted by molar-refractivity contribution is 7.85. The van der Waals surface area contributed by atoms with Gasteiger partial charge in [0, 0.05) is 102 Å². The number of aryl methyl sites for hydroxylation is 2. The lowest BCUT2D eigenvalue weighted by Crippen LogP contribution is -2.57. The molecule has 32 nitrogen and oxygen atoms in total. The number of urea groups is 1. The maximum atomic E-state index is 14.5. The Balaban J connectivity index is 1.20. The van der Waals surface area contributed by atoms with Crippen LogP contribution in [0.2, 0.25) is 0 Å². The first kappa shape index (κ1) is 77.2. The molecule has 9 atom stereocenters. The van der Waals surface area contributed by atoms with Crippen LogP contribution in [0.5, 0.6) is 0 Å². The van der Waals surface area contributed by atoms with Crippen LogP contribution < -0.4 is 59.7 Å². The number of benzene rings is 1. The van der Waals surface area contributed by atoms with E-state index in [2.05, 4.69) is 57.5 Å². The number of fused-ring (bicyclic) bond motifs is 8. The number of unbranched alkanes of at least 4 members (excludes halogenated alkanes) is 1. The first-order valence-electron chi connectivity index (χ1n) is 33.0. The Morgan fingerprint density at radius 3 is 2.04 bits per heavy atom. The van der Waals surface area contributed by atoms with Gasteiger partial charge in [0.25, 0.3) is 16.0 Å². The molecule has 0 saturated carbocycles. The summed E-state index contributed by atoms with van der Waals surface area (Å²) >= 11 is 0. The summed E-state index contributed by atoms with van der Waals surface area (Å²) in [5.41, 5.74) is 22.5. The number of aliphatic hydroxyl groups excluding tert-OH is 1. The number of carbonyl (C=O) groups excluding carboxylic acids is 11.